The number of hydrogen-bond donors (Lipinski definition) is 3. The van der Waals surface area contributed by atoms with Gasteiger partial charge >= 0.3 is 6.18 Å². The molecule has 1 unspecified atom stereocenters. The summed E-state index contributed by atoms with van der Waals surface area (Å²) in [5.41, 5.74) is 0.658. The molecule has 11 heteroatoms. The van der Waals surface area contributed by atoms with Crippen molar-refractivity contribution >= 4 is 35.8 Å². The fourth-order valence-electron chi connectivity index (χ4n) is 2.32. The van der Waals surface area contributed by atoms with E-state index in [4.69, 9.17) is 4.74 Å². The first kappa shape index (κ1) is 28.2. The lowest BCUT2D eigenvalue weighted by Gasteiger charge is -2.19. The van der Waals surface area contributed by atoms with Crippen LogP contribution in [0.15, 0.2) is 29.3 Å². The first-order valence-corrected chi connectivity index (χ1v) is 9.29. The molecule has 1 aromatic rings. The van der Waals surface area contributed by atoms with Gasteiger partial charge in [0.05, 0.1) is 12.2 Å². The van der Waals surface area contributed by atoms with Gasteiger partial charge in [0.25, 0.3) is 0 Å². The lowest BCUT2D eigenvalue weighted by molar-refractivity contribution is -0.157. The minimum absolute atomic E-state index is 0. The summed E-state index contributed by atoms with van der Waals surface area (Å²) in [6.07, 6.45) is -5.27. The molecule has 1 rings (SSSR count). The number of hydrogen-bond acceptors (Lipinski definition) is 4. The number of likely N-dealkylation sites (N-methyl/N-ethyl adjacent to an activating group) is 1. The number of aliphatic hydroxyl groups excluding tert-OH is 1. The summed E-state index contributed by atoms with van der Waals surface area (Å²) in [7, 11) is 1.07. The number of benzene rings is 1. The van der Waals surface area contributed by atoms with Crippen LogP contribution in [0.3, 0.4) is 0 Å². The number of amides is 1. The second kappa shape index (κ2) is 13.5. The Morgan fingerprint density at radius 1 is 1.23 bits per heavy atom. The molecule has 0 spiro atoms. The van der Waals surface area contributed by atoms with Crippen molar-refractivity contribution in [1.29, 1.82) is 0 Å². The highest BCUT2D eigenvalue weighted by Crippen LogP contribution is 2.18. The second-order valence-corrected chi connectivity index (χ2v) is 6.69. The van der Waals surface area contributed by atoms with Crippen LogP contribution in [0.5, 0.6) is 5.75 Å². The summed E-state index contributed by atoms with van der Waals surface area (Å²) in [4.78, 5) is 16.4. The summed E-state index contributed by atoms with van der Waals surface area (Å²) < 4.78 is 42.6. The molecule has 1 atom stereocenters. The predicted octanol–water partition coefficient (Wildman–Crippen LogP) is 2.70. The Balaban J connectivity index is 0.00000841. The minimum atomic E-state index is -4.46. The molecule has 30 heavy (non-hydrogen) atoms. The molecule has 0 aliphatic carbocycles. The van der Waals surface area contributed by atoms with Gasteiger partial charge in [-0.1, -0.05) is 12.1 Å². The highest BCUT2D eigenvalue weighted by atomic mass is 127. The average Bonchev–Trinajstić information content (AvgIpc) is 2.62. The first-order chi connectivity index (χ1) is 13.5. The molecular formula is C19H30F3IN4O3. The number of carbonyl (C=O) groups excluding carboxylic acids is 1. The summed E-state index contributed by atoms with van der Waals surface area (Å²) in [6.45, 7) is 4.44. The third-order valence-electron chi connectivity index (χ3n) is 3.66. The number of halogens is 4. The third kappa shape index (κ3) is 11.4. The van der Waals surface area contributed by atoms with Gasteiger partial charge in [0, 0.05) is 20.1 Å². The SMILES string of the molecule is CCNC(=NCC(=O)N(C)CC(F)(F)F)NCC(O)c1ccc(OC(C)C)cc1.I. The Labute approximate surface area is 192 Å². The van der Waals surface area contributed by atoms with Crippen molar-refractivity contribution in [2.24, 2.45) is 4.99 Å². The van der Waals surface area contributed by atoms with E-state index in [2.05, 4.69) is 15.6 Å². The number of nitrogens with one attached hydrogen (secondary N) is 2. The molecule has 0 saturated heterocycles. The maximum Gasteiger partial charge on any atom is 0.406 e. The molecule has 0 aliphatic rings. The zero-order valence-corrected chi connectivity index (χ0v) is 19.8. The van der Waals surface area contributed by atoms with E-state index in [1.807, 2.05) is 13.8 Å². The van der Waals surface area contributed by atoms with E-state index in [9.17, 15) is 23.1 Å². The van der Waals surface area contributed by atoms with E-state index >= 15 is 0 Å². The smallest absolute Gasteiger partial charge is 0.406 e. The fraction of sp³-hybridized carbons (Fsp3) is 0.579. The Bertz CT molecular complexity index is 670. The Hall–Kier alpha value is -1.76. The van der Waals surface area contributed by atoms with Crippen LogP contribution in [0.2, 0.25) is 0 Å². The van der Waals surface area contributed by atoms with Gasteiger partial charge in [-0.15, -0.1) is 24.0 Å². The van der Waals surface area contributed by atoms with Crippen molar-refractivity contribution in [3.8, 4) is 5.75 Å². The number of aliphatic hydroxyl groups is 1. The van der Waals surface area contributed by atoms with Gasteiger partial charge in [0.2, 0.25) is 5.91 Å². The van der Waals surface area contributed by atoms with Crippen molar-refractivity contribution in [2.75, 3.05) is 33.2 Å². The number of rotatable bonds is 9. The molecule has 0 saturated carbocycles. The molecule has 1 amide bonds. The van der Waals surface area contributed by atoms with E-state index in [0.29, 0.717) is 22.8 Å². The van der Waals surface area contributed by atoms with E-state index in [1.165, 1.54) is 0 Å². The predicted molar refractivity (Wildman–Crippen MR) is 120 cm³/mol. The van der Waals surface area contributed by atoms with E-state index in [1.54, 1.807) is 31.2 Å². The zero-order chi connectivity index (χ0) is 22.0. The topological polar surface area (TPSA) is 86.2 Å². The van der Waals surface area contributed by atoms with E-state index < -0.39 is 31.3 Å². The molecule has 7 nitrogen and oxygen atoms in total. The number of alkyl halides is 3. The van der Waals surface area contributed by atoms with E-state index in [-0.39, 0.29) is 42.6 Å². The van der Waals surface area contributed by atoms with Crippen LogP contribution in [0, 0.1) is 0 Å². The molecule has 0 aromatic heterocycles. The summed E-state index contributed by atoms with van der Waals surface area (Å²) in [5.74, 6) is 0.154. The van der Waals surface area contributed by atoms with Crippen LogP contribution in [0.1, 0.15) is 32.4 Å². The maximum atomic E-state index is 12.4. The zero-order valence-electron chi connectivity index (χ0n) is 17.5. The summed E-state index contributed by atoms with van der Waals surface area (Å²) in [6, 6.07) is 6.99. The van der Waals surface area contributed by atoms with Gasteiger partial charge in [0.15, 0.2) is 5.96 Å². The first-order valence-electron chi connectivity index (χ1n) is 9.29. The largest absolute Gasteiger partial charge is 0.491 e. The van der Waals surface area contributed by atoms with Gasteiger partial charge < -0.3 is 25.4 Å². The fourth-order valence-corrected chi connectivity index (χ4v) is 2.32. The summed E-state index contributed by atoms with van der Waals surface area (Å²) in [5, 5.41) is 16.1. The van der Waals surface area contributed by atoms with E-state index in [0.717, 1.165) is 7.05 Å². The molecular weight excluding hydrogens is 516 g/mol. The van der Waals surface area contributed by atoms with Gasteiger partial charge in [-0.05, 0) is 38.5 Å². The van der Waals surface area contributed by atoms with Gasteiger partial charge in [-0.3, -0.25) is 4.79 Å². The standard InChI is InChI=1S/C19H29F3N4O3.HI/c1-5-23-18(25-11-17(28)26(4)12-19(20,21)22)24-10-16(27)14-6-8-15(9-7-14)29-13(2)3;/h6-9,13,16,27H,5,10-12H2,1-4H3,(H2,23,24,25);1H. The monoisotopic (exact) mass is 546 g/mol. The summed E-state index contributed by atoms with van der Waals surface area (Å²) >= 11 is 0. The number of nitrogens with zero attached hydrogens (tertiary/aromatic N) is 2. The number of aliphatic imine (C=N–C) groups is 1. The number of ether oxygens (including phenoxy) is 1. The molecule has 0 aliphatic heterocycles. The Morgan fingerprint density at radius 3 is 2.33 bits per heavy atom. The molecule has 3 N–H and O–H groups in total. The van der Waals surface area contributed by atoms with Gasteiger partial charge in [-0.25, -0.2) is 4.99 Å². The van der Waals surface area contributed by atoms with Crippen molar-refractivity contribution in [3.63, 3.8) is 0 Å². The number of guanidine groups is 1. The van der Waals surface area contributed by atoms with Gasteiger partial charge in [-0.2, -0.15) is 13.2 Å². The molecule has 0 bridgehead atoms. The molecule has 1 aromatic carbocycles. The molecule has 0 radical (unpaired) electrons. The minimum Gasteiger partial charge on any atom is -0.491 e. The van der Waals surface area contributed by atoms with Crippen LogP contribution in [-0.2, 0) is 4.79 Å². The Kier molecular flexibility index (Phi) is 12.7. The molecule has 0 fully saturated rings. The highest BCUT2D eigenvalue weighted by Gasteiger charge is 2.31. The highest BCUT2D eigenvalue weighted by molar-refractivity contribution is 14.0. The van der Waals surface area contributed by atoms with Crippen molar-refractivity contribution in [1.82, 2.24) is 15.5 Å². The third-order valence-corrected chi connectivity index (χ3v) is 3.66. The Morgan fingerprint density at radius 2 is 1.83 bits per heavy atom. The number of carbonyl (C=O) groups is 1. The quantitative estimate of drug-likeness (QED) is 0.252. The maximum absolute atomic E-state index is 12.4. The second-order valence-electron chi connectivity index (χ2n) is 6.69. The van der Waals surface area contributed by atoms with Crippen LogP contribution < -0.4 is 15.4 Å². The normalized spacial score (nSPS) is 12.8. The van der Waals surface area contributed by atoms with Crippen molar-refractivity contribution in [2.45, 2.75) is 39.2 Å². The van der Waals surface area contributed by atoms with Crippen molar-refractivity contribution < 1.29 is 27.8 Å². The van der Waals surface area contributed by atoms with Crippen LogP contribution >= 0.6 is 24.0 Å². The van der Waals surface area contributed by atoms with Gasteiger partial charge in [0.1, 0.15) is 18.8 Å². The lowest BCUT2D eigenvalue weighted by atomic mass is 10.1. The van der Waals surface area contributed by atoms with Crippen LogP contribution in [-0.4, -0.2) is 67.4 Å². The average molecular weight is 546 g/mol. The lowest BCUT2D eigenvalue weighted by Crippen LogP contribution is -2.41. The van der Waals surface area contributed by atoms with Crippen LogP contribution in [0.25, 0.3) is 0 Å². The van der Waals surface area contributed by atoms with Crippen molar-refractivity contribution in [3.05, 3.63) is 29.8 Å². The van der Waals surface area contributed by atoms with Crippen LogP contribution in [0.4, 0.5) is 13.2 Å². The molecule has 0 heterocycles. The molecule has 172 valence electrons.